The summed E-state index contributed by atoms with van der Waals surface area (Å²) in [7, 11) is 1.36. The van der Waals surface area contributed by atoms with Crippen molar-refractivity contribution in [1.82, 2.24) is 5.32 Å². The maximum absolute atomic E-state index is 10.8. The van der Waals surface area contributed by atoms with Crippen molar-refractivity contribution in [3.05, 3.63) is 39.9 Å². The van der Waals surface area contributed by atoms with Crippen molar-refractivity contribution in [2.75, 3.05) is 20.2 Å². The van der Waals surface area contributed by atoms with Crippen LogP contribution in [-0.4, -0.2) is 31.1 Å². The Labute approximate surface area is 105 Å². The Hall–Kier alpha value is -1.95. The number of methoxy groups -OCH3 is 1. The number of carbonyl (C=O) groups is 1. The average molecular weight is 252 g/mol. The van der Waals surface area contributed by atoms with Crippen molar-refractivity contribution >= 4 is 11.7 Å². The lowest BCUT2D eigenvalue weighted by molar-refractivity contribution is -0.384. The third-order valence-corrected chi connectivity index (χ3v) is 2.47. The highest BCUT2D eigenvalue weighted by molar-refractivity contribution is 5.69. The monoisotopic (exact) mass is 252 g/mol. The molecule has 6 heteroatoms. The topological polar surface area (TPSA) is 81.5 Å². The second kappa shape index (κ2) is 7.39. The van der Waals surface area contributed by atoms with Crippen molar-refractivity contribution in [3.8, 4) is 0 Å². The van der Waals surface area contributed by atoms with Crippen LogP contribution in [0.25, 0.3) is 0 Å². The lowest BCUT2D eigenvalue weighted by atomic mass is 10.1. The van der Waals surface area contributed by atoms with E-state index in [9.17, 15) is 14.9 Å². The number of carbonyl (C=O) groups excluding carboxylic acids is 1. The van der Waals surface area contributed by atoms with Crippen molar-refractivity contribution in [2.24, 2.45) is 0 Å². The molecule has 1 aromatic rings. The number of nitrogens with zero attached hydrogens (tertiary/aromatic N) is 1. The number of nitro groups is 1. The molecule has 1 aromatic carbocycles. The second-order valence-electron chi connectivity index (χ2n) is 3.75. The Morgan fingerprint density at radius 1 is 1.33 bits per heavy atom. The van der Waals surface area contributed by atoms with Gasteiger partial charge in [0.25, 0.3) is 5.69 Å². The molecule has 0 unspecified atom stereocenters. The molecule has 0 fully saturated rings. The first-order valence-electron chi connectivity index (χ1n) is 5.64. The first-order chi connectivity index (χ1) is 8.63. The highest BCUT2D eigenvalue weighted by Gasteiger charge is 2.03. The predicted molar refractivity (Wildman–Crippen MR) is 66.3 cm³/mol. The van der Waals surface area contributed by atoms with E-state index in [2.05, 4.69) is 10.1 Å². The number of nitro benzene ring substituents is 1. The van der Waals surface area contributed by atoms with E-state index in [0.29, 0.717) is 13.0 Å². The number of esters is 1. The van der Waals surface area contributed by atoms with Gasteiger partial charge >= 0.3 is 5.97 Å². The fraction of sp³-hybridized carbons (Fsp3) is 0.417. The van der Waals surface area contributed by atoms with E-state index >= 15 is 0 Å². The van der Waals surface area contributed by atoms with E-state index < -0.39 is 4.92 Å². The van der Waals surface area contributed by atoms with Gasteiger partial charge in [-0.3, -0.25) is 14.9 Å². The van der Waals surface area contributed by atoms with Gasteiger partial charge in [0.2, 0.25) is 0 Å². The summed E-state index contributed by atoms with van der Waals surface area (Å²) in [5.41, 5.74) is 1.11. The van der Waals surface area contributed by atoms with Gasteiger partial charge in [0.05, 0.1) is 18.5 Å². The van der Waals surface area contributed by atoms with E-state index in [1.807, 2.05) is 0 Å². The van der Waals surface area contributed by atoms with Gasteiger partial charge in [0.1, 0.15) is 0 Å². The molecule has 0 bridgehead atoms. The summed E-state index contributed by atoms with van der Waals surface area (Å²) in [6, 6.07) is 6.45. The average Bonchev–Trinajstić information content (AvgIpc) is 2.38. The van der Waals surface area contributed by atoms with Crippen molar-refractivity contribution < 1.29 is 14.5 Å². The summed E-state index contributed by atoms with van der Waals surface area (Å²) in [5.74, 6) is -0.238. The Kier molecular flexibility index (Phi) is 5.79. The molecule has 0 heterocycles. The van der Waals surface area contributed by atoms with E-state index in [1.165, 1.54) is 19.2 Å². The molecule has 18 heavy (non-hydrogen) atoms. The molecule has 0 aliphatic rings. The molecular formula is C12H16N2O4. The van der Waals surface area contributed by atoms with Crippen LogP contribution in [0.5, 0.6) is 0 Å². The van der Waals surface area contributed by atoms with Crippen LogP contribution in [-0.2, 0) is 16.0 Å². The predicted octanol–water partition coefficient (Wildman–Crippen LogP) is 1.29. The minimum Gasteiger partial charge on any atom is -0.469 e. The summed E-state index contributed by atoms with van der Waals surface area (Å²) >= 11 is 0. The van der Waals surface area contributed by atoms with E-state index in [0.717, 1.165) is 18.5 Å². The number of benzene rings is 1. The number of hydrogen-bond donors (Lipinski definition) is 1. The molecule has 0 aliphatic carbocycles. The molecule has 0 radical (unpaired) electrons. The van der Waals surface area contributed by atoms with Crippen molar-refractivity contribution in [3.63, 3.8) is 0 Å². The molecule has 0 saturated heterocycles. The summed E-state index contributed by atoms with van der Waals surface area (Å²) < 4.78 is 4.51. The Bertz CT molecular complexity index is 403. The Morgan fingerprint density at radius 2 is 2.00 bits per heavy atom. The third kappa shape index (κ3) is 4.92. The quantitative estimate of drug-likeness (QED) is 0.342. The Morgan fingerprint density at radius 3 is 2.56 bits per heavy atom. The highest BCUT2D eigenvalue weighted by Crippen LogP contribution is 2.11. The van der Waals surface area contributed by atoms with Crippen LogP contribution in [0.3, 0.4) is 0 Å². The first kappa shape index (κ1) is 14.1. The lowest BCUT2D eigenvalue weighted by Gasteiger charge is -2.04. The largest absolute Gasteiger partial charge is 0.469 e. The van der Waals surface area contributed by atoms with E-state index in [4.69, 9.17) is 0 Å². The molecule has 0 aliphatic heterocycles. The molecule has 0 atom stereocenters. The van der Waals surface area contributed by atoms with Gasteiger partial charge < -0.3 is 10.1 Å². The smallest absolute Gasteiger partial charge is 0.306 e. The number of non-ortho nitro benzene ring substituents is 1. The van der Waals surface area contributed by atoms with Gasteiger partial charge in [-0.2, -0.15) is 0 Å². The van der Waals surface area contributed by atoms with Crippen LogP contribution in [0.1, 0.15) is 12.0 Å². The zero-order chi connectivity index (χ0) is 13.4. The van der Waals surface area contributed by atoms with Crippen molar-refractivity contribution in [2.45, 2.75) is 12.8 Å². The highest BCUT2D eigenvalue weighted by atomic mass is 16.6. The number of hydrogen-bond acceptors (Lipinski definition) is 5. The minimum atomic E-state index is -0.418. The van der Waals surface area contributed by atoms with Gasteiger partial charge in [0.15, 0.2) is 0 Å². The Balaban J connectivity index is 2.23. The summed E-state index contributed by atoms with van der Waals surface area (Å²) in [4.78, 5) is 20.9. The van der Waals surface area contributed by atoms with Crippen LogP contribution < -0.4 is 5.32 Å². The molecule has 0 spiro atoms. The van der Waals surface area contributed by atoms with E-state index in [-0.39, 0.29) is 11.7 Å². The second-order valence-corrected chi connectivity index (χ2v) is 3.75. The number of nitrogens with one attached hydrogen (secondary N) is 1. The molecule has 98 valence electrons. The summed E-state index contributed by atoms with van der Waals surface area (Å²) in [6.07, 6.45) is 1.11. The SMILES string of the molecule is COC(=O)CCNCCc1ccc([N+](=O)[O-])cc1. The molecule has 6 nitrogen and oxygen atoms in total. The summed E-state index contributed by atoms with van der Waals surface area (Å²) in [5, 5.41) is 13.6. The normalized spacial score (nSPS) is 10.1. The van der Waals surface area contributed by atoms with Crippen LogP contribution in [0.15, 0.2) is 24.3 Å². The van der Waals surface area contributed by atoms with Crippen molar-refractivity contribution in [1.29, 1.82) is 0 Å². The van der Waals surface area contributed by atoms with E-state index in [1.54, 1.807) is 12.1 Å². The summed E-state index contributed by atoms with van der Waals surface area (Å²) in [6.45, 7) is 1.29. The van der Waals surface area contributed by atoms with Crippen LogP contribution in [0.4, 0.5) is 5.69 Å². The maximum Gasteiger partial charge on any atom is 0.306 e. The zero-order valence-corrected chi connectivity index (χ0v) is 10.2. The third-order valence-electron chi connectivity index (χ3n) is 2.47. The van der Waals surface area contributed by atoms with Gasteiger partial charge in [0, 0.05) is 18.7 Å². The standard InChI is InChI=1S/C12H16N2O4/c1-18-12(15)7-9-13-8-6-10-2-4-11(5-3-10)14(16)17/h2-5,13H,6-9H2,1H3. The molecule has 0 saturated carbocycles. The van der Waals surface area contributed by atoms with Gasteiger partial charge in [-0.25, -0.2) is 0 Å². The van der Waals surface area contributed by atoms with Gasteiger partial charge in [-0.05, 0) is 18.5 Å². The van der Waals surface area contributed by atoms with Crippen LogP contribution in [0, 0.1) is 10.1 Å². The van der Waals surface area contributed by atoms with Gasteiger partial charge in [-0.15, -0.1) is 0 Å². The van der Waals surface area contributed by atoms with Gasteiger partial charge in [-0.1, -0.05) is 12.1 Å². The van der Waals surface area contributed by atoms with Crippen LogP contribution in [0.2, 0.25) is 0 Å². The molecular weight excluding hydrogens is 236 g/mol. The molecule has 1 rings (SSSR count). The molecule has 0 aromatic heterocycles. The first-order valence-corrected chi connectivity index (χ1v) is 5.64. The maximum atomic E-state index is 10.8. The van der Waals surface area contributed by atoms with Crippen LogP contribution >= 0.6 is 0 Å². The minimum absolute atomic E-state index is 0.0948. The fourth-order valence-electron chi connectivity index (χ4n) is 1.43. The number of rotatable bonds is 7. The lowest BCUT2D eigenvalue weighted by Crippen LogP contribution is -2.21. The zero-order valence-electron chi connectivity index (χ0n) is 10.2. The fourth-order valence-corrected chi connectivity index (χ4v) is 1.43. The molecule has 1 N–H and O–H groups in total. The number of ether oxygens (including phenoxy) is 1. The molecule has 0 amide bonds.